The highest BCUT2D eigenvalue weighted by Gasteiger charge is 2.35. The van der Waals surface area contributed by atoms with Gasteiger partial charge in [0.2, 0.25) is 5.91 Å². The van der Waals surface area contributed by atoms with Crippen molar-refractivity contribution in [2.45, 2.75) is 44.8 Å². The fourth-order valence-corrected chi connectivity index (χ4v) is 2.95. The lowest BCUT2D eigenvalue weighted by Gasteiger charge is -2.32. The van der Waals surface area contributed by atoms with Gasteiger partial charge in [0, 0.05) is 32.1 Å². The van der Waals surface area contributed by atoms with Gasteiger partial charge in [0.25, 0.3) is 5.91 Å². The van der Waals surface area contributed by atoms with Crippen LogP contribution < -0.4 is 11.1 Å². The van der Waals surface area contributed by atoms with Crippen molar-refractivity contribution in [3.05, 3.63) is 0 Å². The second-order valence-corrected chi connectivity index (χ2v) is 5.55. The number of nitrogens with one attached hydrogen (secondary N) is 1. The third kappa shape index (κ3) is 3.49. The largest absolute Gasteiger partial charge is 0.364 e. The van der Waals surface area contributed by atoms with Gasteiger partial charge in [0.05, 0.1) is 6.10 Å². The van der Waals surface area contributed by atoms with Gasteiger partial charge < -0.3 is 20.7 Å². The van der Waals surface area contributed by atoms with Crippen LogP contribution in [0.2, 0.25) is 0 Å². The molecule has 2 saturated heterocycles. The second-order valence-electron chi connectivity index (χ2n) is 5.55. The molecular weight excluding hydrogens is 258 g/mol. The molecule has 0 aromatic heterocycles. The van der Waals surface area contributed by atoms with E-state index in [1.807, 2.05) is 11.8 Å². The van der Waals surface area contributed by atoms with Crippen LogP contribution in [-0.2, 0) is 14.3 Å². The van der Waals surface area contributed by atoms with Crippen molar-refractivity contribution in [3.63, 3.8) is 0 Å². The van der Waals surface area contributed by atoms with E-state index in [0.29, 0.717) is 26.2 Å². The molecule has 0 aromatic rings. The SMILES string of the molecule is CCNC(=O)C1CCN(C(=O)C2CCC(CN)O2)CC1. The van der Waals surface area contributed by atoms with Crippen molar-refractivity contribution in [3.8, 4) is 0 Å². The van der Waals surface area contributed by atoms with Crippen molar-refractivity contribution >= 4 is 11.8 Å². The van der Waals surface area contributed by atoms with Crippen molar-refractivity contribution in [2.75, 3.05) is 26.2 Å². The molecule has 2 unspecified atom stereocenters. The summed E-state index contributed by atoms with van der Waals surface area (Å²) in [5.74, 6) is 0.218. The molecule has 6 nitrogen and oxygen atoms in total. The predicted octanol–water partition coefficient (Wildman–Crippen LogP) is -0.133. The van der Waals surface area contributed by atoms with E-state index in [4.69, 9.17) is 10.5 Å². The average molecular weight is 283 g/mol. The lowest BCUT2D eigenvalue weighted by Crippen LogP contribution is -2.46. The summed E-state index contributed by atoms with van der Waals surface area (Å²) in [5.41, 5.74) is 5.56. The van der Waals surface area contributed by atoms with E-state index in [9.17, 15) is 9.59 Å². The Hall–Kier alpha value is -1.14. The molecular formula is C14H25N3O3. The van der Waals surface area contributed by atoms with Gasteiger partial charge in [0.1, 0.15) is 6.10 Å². The zero-order chi connectivity index (χ0) is 14.5. The van der Waals surface area contributed by atoms with Gasteiger partial charge in [-0.25, -0.2) is 0 Å². The normalized spacial score (nSPS) is 27.6. The highest BCUT2D eigenvalue weighted by atomic mass is 16.5. The molecule has 2 fully saturated rings. The molecule has 2 rings (SSSR count). The van der Waals surface area contributed by atoms with Crippen LogP contribution in [-0.4, -0.2) is 55.1 Å². The molecule has 2 heterocycles. The standard InChI is InChI=1S/C14H25N3O3/c1-2-16-13(18)10-5-7-17(8-6-10)14(19)12-4-3-11(9-15)20-12/h10-12H,2-9,15H2,1H3,(H,16,18). The van der Waals surface area contributed by atoms with Gasteiger partial charge in [-0.3, -0.25) is 9.59 Å². The topological polar surface area (TPSA) is 84.7 Å². The molecule has 2 atom stereocenters. The molecule has 2 aliphatic rings. The monoisotopic (exact) mass is 283 g/mol. The molecule has 2 aliphatic heterocycles. The van der Waals surface area contributed by atoms with E-state index in [1.165, 1.54) is 0 Å². The first-order chi connectivity index (χ1) is 9.65. The first-order valence-corrected chi connectivity index (χ1v) is 7.57. The number of carbonyl (C=O) groups excluding carboxylic acids is 2. The molecule has 114 valence electrons. The summed E-state index contributed by atoms with van der Waals surface area (Å²) in [6.07, 6.45) is 2.80. The van der Waals surface area contributed by atoms with Crippen LogP contribution >= 0.6 is 0 Å². The van der Waals surface area contributed by atoms with Crippen LogP contribution in [0, 0.1) is 5.92 Å². The summed E-state index contributed by atoms with van der Waals surface area (Å²) in [5, 5.41) is 2.85. The number of likely N-dealkylation sites (tertiary alicyclic amines) is 1. The fraction of sp³-hybridized carbons (Fsp3) is 0.857. The Kier molecular flexibility index (Phi) is 5.37. The summed E-state index contributed by atoms with van der Waals surface area (Å²) >= 11 is 0. The maximum Gasteiger partial charge on any atom is 0.251 e. The maximum atomic E-state index is 12.3. The van der Waals surface area contributed by atoms with Crippen LogP contribution in [0.25, 0.3) is 0 Å². The number of ether oxygens (including phenoxy) is 1. The molecule has 6 heteroatoms. The number of amides is 2. The van der Waals surface area contributed by atoms with Crippen LogP contribution in [0.5, 0.6) is 0 Å². The lowest BCUT2D eigenvalue weighted by molar-refractivity contribution is -0.145. The highest BCUT2D eigenvalue weighted by Crippen LogP contribution is 2.24. The predicted molar refractivity (Wildman–Crippen MR) is 74.9 cm³/mol. The second kappa shape index (κ2) is 7.04. The Morgan fingerprint density at radius 3 is 2.50 bits per heavy atom. The summed E-state index contributed by atoms with van der Waals surface area (Å²) in [6, 6.07) is 0. The molecule has 0 radical (unpaired) electrons. The van der Waals surface area contributed by atoms with Crippen molar-refractivity contribution in [1.82, 2.24) is 10.2 Å². The number of hydrogen-bond donors (Lipinski definition) is 2. The molecule has 0 aliphatic carbocycles. The number of rotatable bonds is 4. The number of carbonyl (C=O) groups is 2. The summed E-state index contributed by atoms with van der Waals surface area (Å²) < 4.78 is 5.64. The Bertz CT molecular complexity index is 354. The van der Waals surface area contributed by atoms with E-state index in [1.54, 1.807) is 0 Å². The Balaban J connectivity index is 1.79. The molecule has 0 spiro atoms. The number of piperidine rings is 1. The van der Waals surface area contributed by atoms with Crippen LogP contribution in [0.1, 0.15) is 32.6 Å². The number of hydrogen-bond acceptors (Lipinski definition) is 4. The molecule has 0 saturated carbocycles. The quantitative estimate of drug-likeness (QED) is 0.752. The minimum absolute atomic E-state index is 0.0248. The fourth-order valence-electron chi connectivity index (χ4n) is 2.95. The average Bonchev–Trinajstić information content (AvgIpc) is 2.96. The molecule has 0 bridgehead atoms. The van der Waals surface area contributed by atoms with E-state index in [2.05, 4.69) is 5.32 Å². The van der Waals surface area contributed by atoms with Gasteiger partial charge in [0.15, 0.2) is 0 Å². The first kappa shape index (κ1) is 15.3. The van der Waals surface area contributed by atoms with E-state index in [-0.39, 0.29) is 29.9 Å². The summed E-state index contributed by atoms with van der Waals surface area (Å²) in [4.78, 5) is 25.9. The van der Waals surface area contributed by atoms with Crippen LogP contribution in [0.4, 0.5) is 0 Å². The van der Waals surface area contributed by atoms with Crippen molar-refractivity contribution in [1.29, 1.82) is 0 Å². The Morgan fingerprint density at radius 2 is 1.95 bits per heavy atom. The lowest BCUT2D eigenvalue weighted by atomic mass is 9.95. The minimum Gasteiger partial charge on any atom is -0.364 e. The summed E-state index contributed by atoms with van der Waals surface area (Å²) in [6.45, 7) is 4.35. The summed E-state index contributed by atoms with van der Waals surface area (Å²) in [7, 11) is 0. The van der Waals surface area contributed by atoms with Gasteiger partial charge >= 0.3 is 0 Å². The van der Waals surface area contributed by atoms with Crippen LogP contribution in [0.15, 0.2) is 0 Å². The molecule has 2 amide bonds. The van der Waals surface area contributed by atoms with E-state index in [0.717, 1.165) is 25.7 Å². The number of nitrogens with two attached hydrogens (primary N) is 1. The maximum absolute atomic E-state index is 12.3. The molecule has 0 aromatic carbocycles. The van der Waals surface area contributed by atoms with Crippen molar-refractivity contribution < 1.29 is 14.3 Å². The molecule has 20 heavy (non-hydrogen) atoms. The first-order valence-electron chi connectivity index (χ1n) is 7.57. The minimum atomic E-state index is -0.329. The number of nitrogens with zero attached hydrogens (tertiary/aromatic N) is 1. The smallest absolute Gasteiger partial charge is 0.251 e. The van der Waals surface area contributed by atoms with Gasteiger partial charge in [-0.05, 0) is 32.6 Å². The Labute approximate surface area is 120 Å². The van der Waals surface area contributed by atoms with Crippen LogP contribution in [0.3, 0.4) is 0 Å². The van der Waals surface area contributed by atoms with E-state index >= 15 is 0 Å². The zero-order valence-corrected chi connectivity index (χ0v) is 12.1. The van der Waals surface area contributed by atoms with Gasteiger partial charge in [-0.2, -0.15) is 0 Å². The third-order valence-corrected chi connectivity index (χ3v) is 4.17. The van der Waals surface area contributed by atoms with Gasteiger partial charge in [-0.15, -0.1) is 0 Å². The Morgan fingerprint density at radius 1 is 1.25 bits per heavy atom. The van der Waals surface area contributed by atoms with Crippen molar-refractivity contribution in [2.24, 2.45) is 11.7 Å². The zero-order valence-electron chi connectivity index (χ0n) is 12.1. The molecule has 3 N–H and O–H groups in total. The highest BCUT2D eigenvalue weighted by molar-refractivity contribution is 5.82. The van der Waals surface area contributed by atoms with Gasteiger partial charge in [-0.1, -0.05) is 0 Å². The third-order valence-electron chi connectivity index (χ3n) is 4.17. The van der Waals surface area contributed by atoms with E-state index < -0.39 is 0 Å².